The van der Waals surface area contributed by atoms with E-state index < -0.39 is 18.2 Å². The Balaban J connectivity index is 1.58. The predicted molar refractivity (Wildman–Crippen MR) is 140 cm³/mol. The third-order valence-electron chi connectivity index (χ3n) is 10.7. The van der Waals surface area contributed by atoms with Crippen LogP contribution in [0.3, 0.4) is 0 Å². The van der Waals surface area contributed by atoms with Crippen LogP contribution in [-0.4, -0.2) is 29.9 Å². The largest absolute Gasteiger partial charge is 0.459 e. The normalized spacial score (nSPS) is 40.6. The molecule has 3 fully saturated rings. The summed E-state index contributed by atoms with van der Waals surface area (Å²) in [7, 11) is 0. The number of hydrogen-bond donors (Lipinski definition) is 0. The second-order valence-electron chi connectivity index (χ2n) is 13.5. The number of fused-ring (bicyclic) bond motifs is 5. The molecule has 0 spiro atoms. The quantitative estimate of drug-likeness (QED) is 0.365. The molecule has 9 atom stereocenters. The fourth-order valence-corrected chi connectivity index (χ4v) is 9.05. The van der Waals surface area contributed by atoms with Gasteiger partial charge in [0.1, 0.15) is 12.2 Å². The molecule has 4 aliphatic rings. The first-order valence-electron chi connectivity index (χ1n) is 14.5. The Kier molecular flexibility index (Phi) is 7.80. The van der Waals surface area contributed by atoms with Gasteiger partial charge in [-0.3, -0.25) is 14.4 Å². The summed E-state index contributed by atoms with van der Waals surface area (Å²) < 4.78 is 11.3. The second kappa shape index (κ2) is 10.3. The van der Waals surface area contributed by atoms with Gasteiger partial charge in [0.05, 0.1) is 0 Å². The van der Waals surface area contributed by atoms with Gasteiger partial charge in [-0.05, 0) is 85.0 Å². The van der Waals surface area contributed by atoms with Crippen LogP contribution in [0.4, 0.5) is 0 Å². The molecule has 0 amide bonds. The molecule has 0 radical (unpaired) electrons. The van der Waals surface area contributed by atoms with Gasteiger partial charge in [0, 0.05) is 19.8 Å². The highest BCUT2D eigenvalue weighted by Gasteiger charge is 2.61. The topological polar surface area (TPSA) is 69.7 Å². The highest BCUT2D eigenvalue weighted by atomic mass is 16.6. The Labute approximate surface area is 218 Å². The second-order valence-corrected chi connectivity index (χ2v) is 13.5. The van der Waals surface area contributed by atoms with Crippen LogP contribution >= 0.6 is 0 Å². The van der Waals surface area contributed by atoms with Gasteiger partial charge in [-0.2, -0.15) is 0 Å². The van der Waals surface area contributed by atoms with E-state index in [2.05, 4.69) is 34.6 Å². The summed E-state index contributed by atoms with van der Waals surface area (Å²) >= 11 is 0. The first-order valence-corrected chi connectivity index (χ1v) is 14.5. The Morgan fingerprint density at radius 1 is 0.917 bits per heavy atom. The zero-order valence-electron chi connectivity index (χ0n) is 23.6. The molecule has 0 aliphatic heterocycles. The molecule has 0 aromatic carbocycles. The van der Waals surface area contributed by atoms with Crippen molar-refractivity contribution in [1.29, 1.82) is 0 Å². The summed E-state index contributed by atoms with van der Waals surface area (Å²) in [5.41, 5.74) is 1.35. The molecule has 0 heterocycles. The standard InChI is InChI=1S/C31H48O5/c1-18(2)9-8-10-19(3)23-11-12-24-22-15-27(34)26-16-28(35-20(4)32)29(36-21(5)33)17-31(26,7)25(22)13-14-30(23,24)6/h15,18-19,23-26,28-29H,8-14,16-17H2,1-7H3/t19-,23-,24+,25+,26-,28-,29+,30-,31-/m1/s1. The van der Waals surface area contributed by atoms with Crippen molar-refractivity contribution in [3.63, 3.8) is 0 Å². The maximum atomic E-state index is 13.6. The number of allylic oxidation sites excluding steroid dienone is 2. The van der Waals surface area contributed by atoms with E-state index in [-0.39, 0.29) is 28.5 Å². The highest BCUT2D eigenvalue weighted by molar-refractivity contribution is 5.94. The van der Waals surface area contributed by atoms with Crippen LogP contribution in [0, 0.1) is 46.3 Å². The number of ether oxygens (including phenoxy) is 2. The van der Waals surface area contributed by atoms with Crippen LogP contribution in [0.1, 0.15) is 106 Å². The lowest BCUT2D eigenvalue weighted by Gasteiger charge is -2.58. The minimum absolute atomic E-state index is 0.180. The van der Waals surface area contributed by atoms with Crippen molar-refractivity contribution in [2.24, 2.45) is 46.3 Å². The Morgan fingerprint density at radius 3 is 2.19 bits per heavy atom. The van der Waals surface area contributed by atoms with Gasteiger partial charge in [-0.1, -0.05) is 59.5 Å². The zero-order chi connectivity index (χ0) is 26.4. The average molecular weight is 501 g/mol. The van der Waals surface area contributed by atoms with Crippen molar-refractivity contribution in [3.05, 3.63) is 11.6 Å². The molecule has 3 saturated carbocycles. The molecule has 36 heavy (non-hydrogen) atoms. The molecule has 202 valence electrons. The fraction of sp³-hybridized carbons (Fsp3) is 0.839. The molecule has 5 heteroatoms. The van der Waals surface area contributed by atoms with E-state index in [9.17, 15) is 14.4 Å². The lowest BCUT2D eigenvalue weighted by molar-refractivity contribution is -0.183. The summed E-state index contributed by atoms with van der Waals surface area (Å²) in [4.78, 5) is 37.3. The molecule has 5 nitrogen and oxygen atoms in total. The summed E-state index contributed by atoms with van der Waals surface area (Å²) in [5.74, 6) is 2.21. The lowest BCUT2D eigenvalue weighted by Crippen LogP contribution is -2.57. The first-order chi connectivity index (χ1) is 16.9. The van der Waals surface area contributed by atoms with E-state index in [4.69, 9.17) is 9.47 Å². The SMILES string of the molecule is CC(=O)O[C@H]1C[C@@]2(C)[C@H](C[C@H]1OC(C)=O)C(=O)C=C1[C@@H]2CC[C@]2(C)[C@@H]([C@H](C)CCCC(C)C)CC[C@@H]12. The molecule has 0 saturated heterocycles. The van der Waals surface area contributed by atoms with Crippen molar-refractivity contribution in [2.45, 2.75) is 118 Å². The van der Waals surface area contributed by atoms with Crippen LogP contribution in [-0.2, 0) is 23.9 Å². The van der Waals surface area contributed by atoms with E-state index in [0.29, 0.717) is 36.5 Å². The molecular formula is C31H48O5. The van der Waals surface area contributed by atoms with Gasteiger partial charge in [-0.15, -0.1) is 0 Å². The van der Waals surface area contributed by atoms with E-state index >= 15 is 0 Å². The maximum absolute atomic E-state index is 13.6. The number of ketones is 1. The Hall–Kier alpha value is -1.65. The van der Waals surface area contributed by atoms with Crippen molar-refractivity contribution in [3.8, 4) is 0 Å². The Bertz CT molecular complexity index is 905. The van der Waals surface area contributed by atoms with E-state index in [1.54, 1.807) is 0 Å². The zero-order valence-corrected chi connectivity index (χ0v) is 23.6. The van der Waals surface area contributed by atoms with Gasteiger partial charge < -0.3 is 9.47 Å². The van der Waals surface area contributed by atoms with E-state index in [1.807, 2.05) is 6.08 Å². The van der Waals surface area contributed by atoms with Gasteiger partial charge >= 0.3 is 11.9 Å². The summed E-state index contributed by atoms with van der Waals surface area (Å²) in [6, 6.07) is 0. The molecule has 0 bridgehead atoms. The van der Waals surface area contributed by atoms with Crippen molar-refractivity contribution >= 4 is 17.7 Å². The number of rotatable bonds is 7. The third-order valence-corrected chi connectivity index (χ3v) is 10.7. The minimum Gasteiger partial charge on any atom is -0.459 e. The van der Waals surface area contributed by atoms with E-state index in [1.165, 1.54) is 57.9 Å². The monoisotopic (exact) mass is 500 g/mol. The molecule has 0 N–H and O–H groups in total. The van der Waals surface area contributed by atoms with Gasteiger partial charge in [0.25, 0.3) is 0 Å². The maximum Gasteiger partial charge on any atom is 0.303 e. The minimum atomic E-state index is -0.556. The molecule has 4 aliphatic carbocycles. The van der Waals surface area contributed by atoms with Gasteiger partial charge in [-0.25, -0.2) is 0 Å². The molecule has 0 unspecified atom stereocenters. The number of esters is 2. The van der Waals surface area contributed by atoms with Gasteiger partial charge in [0.15, 0.2) is 5.78 Å². The Morgan fingerprint density at radius 2 is 1.56 bits per heavy atom. The molecule has 0 aromatic heterocycles. The first kappa shape index (κ1) is 27.4. The van der Waals surface area contributed by atoms with Crippen LogP contribution in [0.2, 0.25) is 0 Å². The van der Waals surface area contributed by atoms with E-state index in [0.717, 1.165) is 12.3 Å². The van der Waals surface area contributed by atoms with Gasteiger partial charge in [0.2, 0.25) is 0 Å². The highest BCUT2D eigenvalue weighted by Crippen LogP contribution is 2.66. The average Bonchev–Trinajstić information content (AvgIpc) is 3.11. The summed E-state index contributed by atoms with van der Waals surface area (Å²) in [6.07, 6.45) is 10.6. The van der Waals surface area contributed by atoms with Crippen molar-refractivity contribution in [2.75, 3.05) is 0 Å². The fourth-order valence-electron chi connectivity index (χ4n) is 9.05. The summed E-state index contributed by atoms with van der Waals surface area (Å²) in [6.45, 7) is 14.6. The number of carbonyl (C=O) groups is 3. The van der Waals surface area contributed by atoms with Crippen LogP contribution < -0.4 is 0 Å². The van der Waals surface area contributed by atoms with Crippen molar-refractivity contribution < 1.29 is 23.9 Å². The number of carbonyl (C=O) groups excluding carboxylic acids is 3. The lowest BCUT2D eigenvalue weighted by atomic mass is 9.47. The van der Waals surface area contributed by atoms with Crippen molar-refractivity contribution in [1.82, 2.24) is 0 Å². The van der Waals surface area contributed by atoms with Crippen LogP contribution in [0.5, 0.6) is 0 Å². The van der Waals surface area contributed by atoms with Crippen LogP contribution in [0.25, 0.3) is 0 Å². The van der Waals surface area contributed by atoms with Crippen LogP contribution in [0.15, 0.2) is 11.6 Å². The predicted octanol–water partition coefficient (Wildman–Crippen LogP) is 6.68. The third kappa shape index (κ3) is 4.92. The summed E-state index contributed by atoms with van der Waals surface area (Å²) in [5, 5.41) is 0. The molecule has 0 aromatic rings. The number of hydrogen-bond acceptors (Lipinski definition) is 5. The molecule has 4 rings (SSSR count). The smallest absolute Gasteiger partial charge is 0.303 e. The molecular weight excluding hydrogens is 452 g/mol.